The van der Waals surface area contributed by atoms with Crippen molar-refractivity contribution in [1.82, 2.24) is 5.32 Å². The first-order chi connectivity index (χ1) is 14.0. The van der Waals surface area contributed by atoms with Crippen molar-refractivity contribution >= 4 is 21.6 Å². The van der Waals surface area contributed by atoms with Gasteiger partial charge in [0.2, 0.25) is 15.9 Å². The molecule has 0 fully saturated rings. The van der Waals surface area contributed by atoms with Gasteiger partial charge in [-0.05, 0) is 80.5 Å². The van der Waals surface area contributed by atoms with E-state index in [2.05, 4.69) is 37.4 Å². The van der Waals surface area contributed by atoms with Crippen LogP contribution in [0.4, 0.5) is 5.69 Å². The van der Waals surface area contributed by atoms with Crippen molar-refractivity contribution in [1.29, 1.82) is 0 Å². The molecule has 1 N–H and O–H groups in total. The van der Waals surface area contributed by atoms with Crippen molar-refractivity contribution in [2.24, 2.45) is 0 Å². The van der Waals surface area contributed by atoms with Crippen LogP contribution in [0.15, 0.2) is 36.4 Å². The fraction of sp³-hybridized carbons (Fsp3) is 0.458. The smallest absolute Gasteiger partial charge is 0.232 e. The van der Waals surface area contributed by atoms with Crippen LogP contribution in [0.3, 0.4) is 0 Å². The highest BCUT2D eigenvalue weighted by Gasteiger charge is 2.19. The van der Waals surface area contributed by atoms with Crippen molar-refractivity contribution in [2.75, 3.05) is 17.1 Å². The van der Waals surface area contributed by atoms with E-state index in [1.165, 1.54) is 21.7 Å². The molecule has 0 radical (unpaired) electrons. The molecule has 0 aliphatic carbocycles. The van der Waals surface area contributed by atoms with Gasteiger partial charge in [0.1, 0.15) is 0 Å². The summed E-state index contributed by atoms with van der Waals surface area (Å²) >= 11 is 0. The van der Waals surface area contributed by atoms with E-state index in [-0.39, 0.29) is 24.9 Å². The Hall–Kier alpha value is -2.34. The SMILES string of the molecule is CC[C@@H](NC(=O)CCCN(c1ccc(C)c(C)c1)S(C)(=O)=O)c1ccc(C)c(C)c1. The van der Waals surface area contributed by atoms with Gasteiger partial charge in [0, 0.05) is 13.0 Å². The lowest BCUT2D eigenvalue weighted by atomic mass is 9.99. The summed E-state index contributed by atoms with van der Waals surface area (Å²) in [7, 11) is -3.42. The van der Waals surface area contributed by atoms with E-state index in [0.717, 1.165) is 23.1 Å². The Labute approximate surface area is 181 Å². The van der Waals surface area contributed by atoms with Crippen LogP contribution in [0.1, 0.15) is 60.0 Å². The number of rotatable bonds is 9. The number of amides is 1. The predicted octanol–water partition coefficient (Wildman–Crippen LogP) is 4.73. The van der Waals surface area contributed by atoms with Gasteiger partial charge in [-0.2, -0.15) is 0 Å². The van der Waals surface area contributed by atoms with Gasteiger partial charge in [-0.25, -0.2) is 8.42 Å². The van der Waals surface area contributed by atoms with E-state index in [1.807, 2.05) is 39.0 Å². The molecule has 0 spiro atoms. The van der Waals surface area contributed by atoms with Gasteiger partial charge in [0.15, 0.2) is 0 Å². The molecule has 2 rings (SSSR count). The molecule has 0 saturated carbocycles. The molecule has 2 aromatic carbocycles. The normalized spacial score (nSPS) is 12.5. The van der Waals surface area contributed by atoms with Gasteiger partial charge in [0.25, 0.3) is 0 Å². The van der Waals surface area contributed by atoms with Crippen molar-refractivity contribution < 1.29 is 13.2 Å². The Bertz CT molecular complexity index is 1000. The van der Waals surface area contributed by atoms with Crippen LogP contribution < -0.4 is 9.62 Å². The Morgan fingerprint density at radius 3 is 2.10 bits per heavy atom. The number of nitrogens with zero attached hydrogens (tertiary/aromatic N) is 1. The minimum absolute atomic E-state index is 0.0393. The third-order valence-corrected chi connectivity index (χ3v) is 6.81. The number of anilines is 1. The van der Waals surface area contributed by atoms with Crippen molar-refractivity contribution in [3.63, 3.8) is 0 Å². The number of carbonyl (C=O) groups excluding carboxylic acids is 1. The van der Waals surface area contributed by atoms with E-state index in [1.54, 1.807) is 0 Å². The Morgan fingerprint density at radius 2 is 1.57 bits per heavy atom. The van der Waals surface area contributed by atoms with Gasteiger partial charge >= 0.3 is 0 Å². The highest BCUT2D eigenvalue weighted by molar-refractivity contribution is 7.92. The molecule has 1 amide bonds. The third-order valence-electron chi connectivity index (χ3n) is 5.62. The maximum absolute atomic E-state index is 12.5. The quantitative estimate of drug-likeness (QED) is 0.625. The lowest BCUT2D eigenvalue weighted by Crippen LogP contribution is -2.33. The molecular formula is C24H34N2O3S. The van der Waals surface area contributed by atoms with E-state index >= 15 is 0 Å². The van der Waals surface area contributed by atoms with E-state index in [4.69, 9.17) is 0 Å². The molecule has 0 unspecified atom stereocenters. The summed E-state index contributed by atoms with van der Waals surface area (Å²) in [6.45, 7) is 10.4. The highest BCUT2D eigenvalue weighted by Crippen LogP contribution is 2.23. The number of hydrogen-bond donors (Lipinski definition) is 1. The van der Waals surface area contributed by atoms with Crippen molar-refractivity contribution in [3.8, 4) is 0 Å². The molecule has 30 heavy (non-hydrogen) atoms. The molecule has 0 aromatic heterocycles. The third kappa shape index (κ3) is 6.33. The molecule has 0 heterocycles. The number of sulfonamides is 1. The van der Waals surface area contributed by atoms with Crippen molar-refractivity contribution in [2.45, 2.75) is 59.9 Å². The fourth-order valence-corrected chi connectivity index (χ4v) is 4.38. The van der Waals surface area contributed by atoms with E-state index < -0.39 is 10.0 Å². The molecule has 0 aliphatic heterocycles. The second-order valence-electron chi connectivity index (χ2n) is 8.08. The maximum atomic E-state index is 12.5. The average Bonchev–Trinajstić information content (AvgIpc) is 2.67. The summed E-state index contributed by atoms with van der Waals surface area (Å²) in [6, 6.07) is 11.8. The van der Waals surface area contributed by atoms with Crippen LogP contribution in [0, 0.1) is 27.7 Å². The summed E-state index contributed by atoms with van der Waals surface area (Å²) < 4.78 is 26.0. The second kappa shape index (κ2) is 10.1. The van der Waals surface area contributed by atoms with Crippen LogP contribution in [0.2, 0.25) is 0 Å². The molecule has 1 atom stereocenters. The van der Waals surface area contributed by atoms with Gasteiger partial charge in [-0.3, -0.25) is 9.10 Å². The fourth-order valence-electron chi connectivity index (χ4n) is 3.42. The summed E-state index contributed by atoms with van der Waals surface area (Å²) in [5.41, 5.74) is 6.33. The number of nitrogens with one attached hydrogen (secondary N) is 1. The Balaban J connectivity index is 2.01. The molecule has 0 aliphatic rings. The summed E-state index contributed by atoms with van der Waals surface area (Å²) in [5.74, 6) is -0.0615. The first-order valence-electron chi connectivity index (χ1n) is 10.4. The number of benzene rings is 2. The molecule has 0 saturated heterocycles. The topological polar surface area (TPSA) is 66.5 Å². The lowest BCUT2D eigenvalue weighted by Gasteiger charge is -2.23. The first-order valence-corrected chi connectivity index (χ1v) is 12.3. The molecule has 6 heteroatoms. The monoisotopic (exact) mass is 430 g/mol. The minimum Gasteiger partial charge on any atom is -0.349 e. The van der Waals surface area contributed by atoms with E-state index in [9.17, 15) is 13.2 Å². The highest BCUT2D eigenvalue weighted by atomic mass is 32.2. The standard InChI is InChI=1S/C24H34N2O3S/c1-7-23(21-12-10-17(2)19(4)15-21)25-24(27)9-8-14-26(30(6,28)29)22-13-11-18(3)20(5)16-22/h10-13,15-16,23H,7-9,14H2,1-6H3,(H,25,27)/t23-/m1/s1. The van der Waals surface area contributed by atoms with Gasteiger partial charge in [-0.15, -0.1) is 0 Å². The summed E-state index contributed by atoms with van der Waals surface area (Å²) in [4.78, 5) is 12.5. The van der Waals surface area contributed by atoms with Crippen LogP contribution >= 0.6 is 0 Å². The zero-order chi connectivity index (χ0) is 22.5. The summed E-state index contributed by atoms with van der Waals surface area (Å²) in [6.07, 6.45) is 2.73. The van der Waals surface area contributed by atoms with Crippen LogP contribution in [-0.2, 0) is 14.8 Å². The number of hydrogen-bond acceptors (Lipinski definition) is 3. The Morgan fingerprint density at radius 1 is 0.967 bits per heavy atom. The zero-order valence-electron chi connectivity index (χ0n) is 19.0. The first kappa shape index (κ1) is 23.9. The maximum Gasteiger partial charge on any atom is 0.232 e. The molecular weight excluding hydrogens is 396 g/mol. The van der Waals surface area contributed by atoms with E-state index in [0.29, 0.717) is 12.1 Å². The second-order valence-corrected chi connectivity index (χ2v) is 9.99. The lowest BCUT2D eigenvalue weighted by molar-refractivity contribution is -0.121. The average molecular weight is 431 g/mol. The summed E-state index contributed by atoms with van der Waals surface area (Å²) in [5, 5.41) is 3.09. The van der Waals surface area contributed by atoms with Crippen LogP contribution in [0.25, 0.3) is 0 Å². The van der Waals surface area contributed by atoms with Crippen LogP contribution in [0.5, 0.6) is 0 Å². The Kier molecular flexibility index (Phi) is 8.07. The predicted molar refractivity (Wildman–Crippen MR) is 124 cm³/mol. The van der Waals surface area contributed by atoms with Gasteiger partial charge in [-0.1, -0.05) is 31.2 Å². The van der Waals surface area contributed by atoms with Gasteiger partial charge < -0.3 is 5.32 Å². The minimum atomic E-state index is -3.42. The largest absolute Gasteiger partial charge is 0.349 e. The molecule has 2 aromatic rings. The number of carbonyl (C=O) groups is 1. The van der Waals surface area contributed by atoms with Crippen molar-refractivity contribution in [3.05, 3.63) is 64.2 Å². The van der Waals surface area contributed by atoms with Crippen LogP contribution in [-0.4, -0.2) is 27.1 Å². The molecule has 0 bridgehead atoms. The molecule has 5 nitrogen and oxygen atoms in total. The number of aryl methyl sites for hydroxylation is 4. The zero-order valence-corrected chi connectivity index (χ0v) is 19.8. The molecule has 164 valence electrons. The van der Waals surface area contributed by atoms with Gasteiger partial charge in [0.05, 0.1) is 18.0 Å².